The summed E-state index contributed by atoms with van der Waals surface area (Å²) in [5, 5.41) is 198. The van der Waals surface area contributed by atoms with Crippen LogP contribution in [0.25, 0.3) is 0 Å². The first-order chi connectivity index (χ1) is 52.9. The molecule has 113 heavy (non-hydrogen) atoms. The lowest BCUT2D eigenvalue weighted by Crippen LogP contribution is -2.67. The fourth-order valence-electron chi connectivity index (χ4n) is 20.7. The standard InChI is InChI=1S/C78H124O35/c1-12-74(8,98)19-13-14-33(2)63(96)99-31-41-50(87)52(89)62(112-67-57(94)53(90)59(34(3)105-67)109-66-58(95)60(40(82)30-102-66)110-64-54(91)46(83)37(79)27-100-64)70(107-41)113-71(97)78-24-22-72(4,5)26-36(78)35-15-16-44-75(9)20-18-45(73(6,7)43(75)17-21-77(44,11)76(35,10)23-25-78)108-68-56(93)51(88)49(86)42(106-68)32-104-69-61(48(85)39(81)29-103-69)111-65-55(92)47(84)38(80)28-101-65/h12,14-15,34,36-62,64-70,79-95,98H,1,13,16-32H2,2-11H3/b33-14+/t34-,36-,37+,38+,39+,40+,41+,42+,43-,44+,45-,46-,47-,48-,49+,50+,51-,52-,53-,54+,55+,56+,57+,58+,59-,60-,61+,62+,64-,65-,66-,67-,68-,69-,70-,74+,75-,76+,77+,78-/m0/s1. The molecule has 0 radical (unpaired) electrons. The molecule has 5 aliphatic carbocycles. The molecule has 0 bridgehead atoms. The van der Waals surface area contributed by atoms with Crippen LogP contribution in [0.1, 0.15) is 146 Å². The van der Waals surface area contributed by atoms with E-state index in [0.29, 0.717) is 51.4 Å². The maximum atomic E-state index is 16.1. The molecule has 0 aromatic carbocycles. The Balaban J connectivity index is 0.751. The number of ether oxygens (including phenoxy) is 15. The van der Waals surface area contributed by atoms with Gasteiger partial charge in [-0.15, -0.1) is 6.58 Å². The Morgan fingerprint density at radius 3 is 1.69 bits per heavy atom. The van der Waals surface area contributed by atoms with E-state index in [1.807, 2.05) is 0 Å². The molecule has 0 amide bonds. The zero-order valence-corrected chi connectivity index (χ0v) is 65.9. The van der Waals surface area contributed by atoms with E-state index < -0.39 is 276 Å². The Kier molecular flexibility index (Phi) is 27.2. The van der Waals surface area contributed by atoms with Crippen molar-refractivity contribution in [3.05, 3.63) is 36.0 Å². The van der Waals surface area contributed by atoms with Crippen molar-refractivity contribution in [2.45, 2.75) is 349 Å². The smallest absolute Gasteiger partial charge is 0.333 e. The first kappa shape index (κ1) is 89.2. The van der Waals surface area contributed by atoms with Crippen LogP contribution >= 0.6 is 0 Å². The average molecular weight is 1620 g/mol. The number of carbonyl (C=O) groups excluding carboxylic acids is 2. The topological polar surface area (TPSA) is 537 Å². The number of hydrogen-bond donors (Lipinski definition) is 18. The van der Waals surface area contributed by atoms with Crippen molar-refractivity contribution in [3.8, 4) is 0 Å². The van der Waals surface area contributed by atoms with Gasteiger partial charge in [-0.3, -0.25) is 4.79 Å². The van der Waals surface area contributed by atoms with Crippen LogP contribution in [-0.4, -0.2) is 346 Å². The number of rotatable bonds is 22. The molecule has 0 spiro atoms. The predicted octanol–water partition coefficient (Wildman–Crippen LogP) is -2.76. The zero-order valence-electron chi connectivity index (χ0n) is 65.9. The van der Waals surface area contributed by atoms with Crippen LogP contribution in [0, 0.1) is 50.2 Å². The van der Waals surface area contributed by atoms with E-state index in [-0.39, 0.29) is 46.5 Å². The minimum Gasteiger partial charge on any atom is -0.459 e. The van der Waals surface area contributed by atoms with E-state index in [2.05, 4.69) is 61.1 Å². The summed E-state index contributed by atoms with van der Waals surface area (Å²) in [7, 11) is 0. The SMILES string of the molecule is C=C[C@@](C)(O)CC/C=C(\C)C(=O)OC[C@H]1O[C@@H](OC(=O)[C@]23CCC(C)(C)C[C@H]2C2=CC[C@@H]4[C@@]5(C)CC[C@H](O[C@@H]6O[C@H](CO[C@@H]7OC[C@@H](O)[C@H](O)[C@H]7O[C@@H]7OC[C@@H](O)[C@H](O)[C@H]7O)[C@@H](O)[C@H](O)[C@H]6O)C(C)(C)[C@@H]5CC[C@@]4(C)[C@]2(C)CC3)[C@H](O[C@@H]2O[C@@H](C)[C@H](O[C@@H]3OC[C@@H](O)[C@H](O[C@@H]4OC[C@@H](O)[C@H](O)[C@H]4O)[C@H]3O)[C@@H](O)[C@H]2O)[C@@H](O)[C@@H]1O. The van der Waals surface area contributed by atoms with Crippen LogP contribution in [0.2, 0.25) is 0 Å². The van der Waals surface area contributed by atoms with E-state index in [9.17, 15) is 96.7 Å². The Morgan fingerprint density at radius 2 is 1.04 bits per heavy atom. The van der Waals surface area contributed by atoms with E-state index in [1.165, 1.54) is 19.9 Å². The quantitative estimate of drug-likeness (QED) is 0.0226. The molecule has 7 aliphatic heterocycles. The van der Waals surface area contributed by atoms with Gasteiger partial charge < -0.3 is 163 Å². The molecule has 40 atom stereocenters. The van der Waals surface area contributed by atoms with Gasteiger partial charge >= 0.3 is 11.9 Å². The molecule has 0 aromatic heterocycles. The molecule has 7 heterocycles. The number of esters is 2. The van der Waals surface area contributed by atoms with Crippen LogP contribution in [0.3, 0.4) is 0 Å². The second-order valence-corrected chi connectivity index (χ2v) is 36.3. The van der Waals surface area contributed by atoms with Crippen LogP contribution in [0.15, 0.2) is 36.0 Å². The van der Waals surface area contributed by atoms with Crippen molar-refractivity contribution in [2.75, 3.05) is 39.6 Å². The van der Waals surface area contributed by atoms with Crippen molar-refractivity contribution >= 4 is 11.9 Å². The molecule has 11 fully saturated rings. The van der Waals surface area contributed by atoms with Gasteiger partial charge in [-0.25, -0.2) is 4.79 Å². The van der Waals surface area contributed by atoms with Gasteiger partial charge in [0.1, 0.15) is 141 Å². The molecule has 7 saturated heterocycles. The lowest BCUT2D eigenvalue weighted by Gasteiger charge is -2.71. The Hall–Kier alpha value is -3.08. The van der Waals surface area contributed by atoms with Gasteiger partial charge in [0.05, 0.1) is 56.3 Å². The minimum absolute atomic E-state index is 0.0369. The molecule has 18 N–H and O–H groups in total. The highest BCUT2D eigenvalue weighted by atomic mass is 16.8. The average Bonchev–Trinajstić information content (AvgIpc) is 0.674. The van der Waals surface area contributed by atoms with Gasteiger partial charge in [0.25, 0.3) is 0 Å². The molecule has 12 aliphatic rings. The van der Waals surface area contributed by atoms with E-state index in [1.54, 1.807) is 13.0 Å². The molecular weight excluding hydrogens is 1500 g/mol. The van der Waals surface area contributed by atoms with Crippen LogP contribution in [0.5, 0.6) is 0 Å². The van der Waals surface area contributed by atoms with Crippen LogP contribution < -0.4 is 0 Å². The van der Waals surface area contributed by atoms with E-state index >= 15 is 4.79 Å². The normalized spacial score (nSPS) is 50.6. The fourth-order valence-corrected chi connectivity index (χ4v) is 20.7. The highest BCUT2D eigenvalue weighted by Crippen LogP contribution is 2.76. The van der Waals surface area contributed by atoms with Crippen molar-refractivity contribution in [1.29, 1.82) is 0 Å². The van der Waals surface area contributed by atoms with Crippen LogP contribution in [0.4, 0.5) is 0 Å². The number of hydrogen-bond acceptors (Lipinski definition) is 35. The first-order valence-electron chi connectivity index (χ1n) is 39.9. The highest BCUT2D eigenvalue weighted by Gasteiger charge is 2.71. The summed E-state index contributed by atoms with van der Waals surface area (Å²) >= 11 is 0. The van der Waals surface area contributed by atoms with Gasteiger partial charge in [0, 0.05) is 5.57 Å². The van der Waals surface area contributed by atoms with Gasteiger partial charge in [-0.1, -0.05) is 72.3 Å². The van der Waals surface area contributed by atoms with Gasteiger partial charge in [-0.2, -0.15) is 0 Å². The highest BCUT2D eigenvalue weighted by molar-refractivity contribution is 5.87. The van der Waals surface area contributed by atoms with Crippen molar-refractivity contribution in [2.24, 2.45) is 50.2 Å². The molecule has 4 saturated carbocycles. The minimum atomic E-state index is -2.06. The maximum Gasteiger partial charge on any atom is 0.333 e. The lowest BCUT2D eigenvalue weighted by atomic mass is 9.33. The maximum absolute atomic E-state index is 16.1. The van der Waals surface area contributed by atoms with E-state index in [4.69, 9.17) is 71.1 Å². The van der Waals surface area contributed by atoms with Crippen molar-refractivity contribution in [1.82, 2.24) is 0 Å². The number of carbonyl (C=O) groups is 2. The number of aliphatic hydroxyl groups excluding tert-OH is 17. The summed E-state index contributed by atoms with van der Waals surface area (Å²) in [4.78, 5) is 29.6. The largest absolute Gasteiger partial charge is 0.459 e. The molecular formula is C78H124O35. The summed E-state index contributed by atoms with van der Waals surface area (Å²) in [6, 6.07) is 0. The second-order valence-electron chi connectivity index (χ2n) is 36.3. The summed E-state index contributed by atoms with van der Waals surface area (Å²) in [6.07, 6.45) is -40.8. The fraction of sp³-hybridized carbons (Fsp3) is 0.897. The third-order valence-corrected chi connectivity index (χ3v) is 28.2. The molecule has 0 aromatic rings. The third-order valence-electron chi connectivity index (χ3n) is 28.2. The summed E-state index contributed by atoms with van der Waals surface area (Å²) in [5.41, 5.74) is -3.12. The van der Waals surface area contributed by atoms with E-state index in [0.717, 1.165) is 18.4 Å². The van der Waals surface area contributed by atoms with Crippen molar-refractivity contribution in [3.63, 3.8) is 0 Å². The van der Waals surface area contributed by atoms with Gasteiger partial charge in [0.15, 0.2) is 43.8 Å². The first-order valence-corrected chi connectivity index (χ1v) is 39.9. The third kappa shape index (κ3) is 17.1. The number of aliphatic hydroxyl groups is 18. The predicted molar refractivity (Wildman–Crippen MR) is 383 cm³/mol. The molecule has 35 heteroatoms. The molecule has 12 rings (SSSR count). The molecule has 646 valence electrons. The summed E-state index contributed by atoms with van der Waals surface area (Å²) in [5.74, 6) is -1.77. The Bertz CT molecular complexity index is 3330. The van der Waals surface area contributed by atoms with Crippen LogP contribution in [-0.2, 0) is 80.6 Å². The van der Waals surface area contributed by atoms with Gasteiger partial charge in [-0.05, 0) is 143 Å². The second kappa shape index (κ2) is 34.4. The molecule has 0 unspecified atom stereocenters. The monoisotopic (exact) mass is 1620 g/mol. The Labute approximate surface area is 656 Å². The molecule has 35 nitrogen and oxygen atoms in total. The number of allylic oxidation sites excluding steroid dienone is 3. The number of fused-ring (bicyclic) bond motifs is 7. The lowest BCUT2D eigenvalue weighted by molar-refractivity contribution is -0.379. The van der Waals surface area contributed by atoms with Gasteiger partial charge in [0.2, 0.25) is 6.29 Å². The summed E-state index contributed by atoms with van der Waals surface area (Å²) in [6.45, 7) is 20.8. The zero-order chi connectivity index (χ0) is 82.5. The Morgan fingerprint density at radius 1 is 0.531 bits per heavy atom. The van der Waals surface area contributed by atoms with Crippen molar-refractivity contribution < 1.29 is 173 Å². The summed E-state index contributed by atoms with van der Waals surface area (Å²) < 4.78 is 89.7.